The summed E-state index contributed by atoms with van der Waals surface area (Å²) in [6, 6.07) is 21.5. The number of rotatable bonds is 8. The first-order chi connectivity index (χ1) is 18.5. The highest BCUT2D eigenvalue weighted by Crippen LogP contribution is 2.31. The Bertz CT molecular complexity index is 1440. The highest BCUT2D eigenvalue weighted by atomic mass is 16.5. The lowest BCUT2D eigenvalue weighted by atomic mass is 9.99. The van der Waals surface area contributed by atoms with E-state index in [-0.39, 0.29) is 18.4 Å². The van der Waals surface area contributed by atoms with Gasteiger partial charge >= 0.3 is 0 Å². The lowest BCUT2D eigenvalue weighted by Gasteiger charge is -2.34. The number of carbonyl (C=O) groups excluding carboxylic acids is 2. The molecule has 9 heteroatoms. The Balaban J connectivity index is 1.75. The van der Waals surface area contributed by atoms with Crippen LogP contribution in [0.15, 0.2) is 72.8 Å². The van der Waals surface area contributed by atoms with Gasteiger partial charge in [-0.1, -0.05) is 65.7 Å². The van der Waals surface area contributed by atoms with Gasteiger partial charge in [-0.05, 0) is 57.5 Å². The van der Waals surface area contributed by atoms with Crippen LogP contribution >= 0.6 is 0 Å². The second kappa shape index (κ2) is 11.5. The van der Waals surface area contributed by atoms with Crippen LogP contribution in [0.5, 0.6) is 5.75 Å². The number of aromatic nitrogens is 4. The Labute approximate surface area is 228 Å². The van der Waals surface area contributed by atoms with Crippen molar-refractivity contribution in [3.63, 3.8) is 0 Å². The van der Waals surface area contributed by atoms with Crippen molar-refractivity contribution in [3.8, 4) is 17.1 Å². The SMILES string of the molecule is COc1cccc(N(C(=O)Cn2nnc(-c3ccc(C)cc3)n2)[C@@H](C(=O)NC(C)(C)C)c2ccc(C)cc2)c1. The van der Waals surface area contributed by atoms with E-state index in [9.17, 15) is 9.59 Å². The summed E-state index contributed by atoms with van der Waals surface area (Å²) in [4.78, 5) is 30.6. The average Bonchev–Trinajstić information content (AvgIpc) is 3.35. The van der Waals surface area contributed by atoms with E-state index in [1.165, 1.54) is 9.70 Å². The number of nitrogens with one attached hydrogen (secondary N) is 1. The number of hydrogen-bond acceptors (Lipinski definition) is 6. The molecule has 0 fully saturated rings. The largest absolute Gasteiger partial charge is 0.497 e. The molecule has 1 N–H and O–H groups in total. The van der Waals surface area contributed by atoms with Gasteiger partial charge in [-0.3, -0.25) is 14.5 Å². The van der Waals surface area contributed by atoms with E-state index >= 15 is 0 Å². The Morgan fingerprint density at radius 2 is 1.62 bits per heavy atom. The van der Waals surface area contributed by atoms with Crippen LogP contribution < -0.4 is 15.0 Å². The van der Waals surface area contributed by atoms with Crippen LogP contribution in [-0.4, -0.2) is 44.7 Å². The first kappa shape index (κ1) is 27.5. The van der Waals surface area contributed by atoms with Crippen molar-refractivity contribution < 1.29 is 14.3 Å². The fraction of sp³-hybridized carbons (Fsp3) is 0.300. The fourth-order valence-corrected chi connectivity index (χ4v) is 4.13. The second-order valence-electron chi connectivity index (χ2n) is 10.5. The van der Waals surface area contributed by atoms with E-state index in [4.69, 9.17) is 4.74 Å². The molecule has 0 aliphatic rings. The zero-order chi connectivity index (χ0) is 28.2. The number of benzene rings is 3. The molecule has 0 bridgehead atoms. The highest BCUT2D eigenvalue weighted by molar-refractivity contribution is 6.01. The van der Waals surface area contributed by atoms with Crippen LogP contribution in [0.25, 0.3) is 11.4 Å². The molecular formula is C30H34N6O3. The molecule has 3 aromatic carbocycles. The van der Waals surface area contributed by atoms with E-state index in [0.29, 0.717) is 22.8 Å². The van der Waals surface area contributed by atoms with Gasteiger partial charge in [0.15, 0.2) is 0 Å². The molecule has 1 heterocycles. The summed E-state index contributed by atoms with van der Waals surface area (Å²) in [5, 5.41) is 15.7. The summed E-state index contributed by atoms with van der Waals surface area (Å²) in [5.74, 6) is 0.279. The molecule has 2 amide bonds. The van der Waals surface area contributed by atoms with Gasteiger partial charge in [0.05, 0.1) is 7.11 Å². The predicted octanol–water partition coefficient (Wildman–Crippen LogP) is 4.65. The molecule has 4 rings (SSSR count). The third-order valence-electron chi connectivity index (χ3n) is 6.04. The second-order valence-corrected chi connectivity index (χ2v) is 10.5. The Morgan fingerprint density at radius 3 is 2.23 bits per heavy atom. The van der Waals surface area contributed by atoms with Crippen LogP contribution in [0.1, 0.15) is 43.5 Å². The van der Waals surface area contributed by atoms with Crippen molar-refractivity contribution in [2.24, 2.45) is 0 Å². The van der Waals surface area contributed by atoms with Crippen molar-refractivity contribution in [3.05, 3.63) is 89.5 Å². The van der Waals surface area contributed by atoms with Gasteiger partial charge in [0.1, 0.15) is 18.3 Å². The van der Waals surface area contributed by atoms with Gasteiger partial charge in [-0.25, -0.2) is 0 Å². The predicted molar refractivity (Wildman–Crippen MR) is 150 cm³/mol. The van der Waals surface area contributed by atoms with Crippen molar-refractivity contribution >= 4 is 17.5 Å². The third-order valence-corrected chi connectivity index (χ3v) is 6.04. The van der Waals surface area contributed by atoms with Crippen LogP contribution in [0.4, 0.5) is 5.69 Å². The molecule has 0 saturated carbocycles. The van der Waals surface area contributed by atoms with E-state index in [1.54, 1.807) is 31.4 Å². The number of nitrogens with zero attached hydrogens (tertiary/aromatic N) is 5. The van der Waals surface area contributed by atoms with Crippen LogP contribution in [0.2, 0.25) is 0 Å². The molecule has 0 saturated heterocycles. The number of aryl methyl sites for hydroxylation is 2. The topological polar surface area (TPSA) is 102 Å². The molecule has 0 aliphatic carbocycles. The maximum Gasteiger partial charge on any atom is 0.251 e. The molecule has 39 heavy (non-hydrogen) atoms. The number of ether oxygens (including phenoxy) is 1. The molecule has 0 unspecified atom stereocenters. The first-order valence-electron chi connectivity index (χ1n) is 12.7. The van der Waals surface area contributed by atoms with E-state index in [0.717, 1.165) is 16.7 Å². The lowest BCUT2D eigenvalue weighted by molar-refractivity contribution is -0.128. The zero-order valence-electron chi connectivity index (χ0n) is 23.2. The highest BCUT2D eigenvalue weighted by Gasteiger charge is 2.35. The minimum absolute atomic E-state index is 0.221. The summed E-state index contributed by atoms with van der Waals surface area (Å²) < 4.78 is 5.43. The molecular weight excluding hydrogens is 492 g/mol. The lowest BCUT2D eigenvalue weighted by Crippen LogP contribution is -2.50. The summed E-state index contributed by atoms with van der Waals surface area (Å²) in [7, 11) is 1.56. The van der Waals surface area contributed by atoms with E-state index in [1.807, 2.05) is 83.1 Å². The zero-order valence-corrected chi connectivity index (χ0v) is 23.2. The normalized spacial score (nSPS) is 12.1. The quantitative estimate of drug-likeness (QED) is 0.358. The van der Waals surface area contributed by atoms with Gasteiger partial charge in [0.2, 0.25) is 11.7 Å². The Kier molecular flexibility index (Phi) is 8.09. The smallest absolute Gasteiger partial charge is 0.251 e. The Hall–Kier alpha value is -4.53. The number of amides is 2. The molecule has 0 radical (unpaired) electrons. The van der Waals surface area contributed by atoms with E-state index < -0.39 is 11.6 Å². The maximum absolute atomic E-state index is 14.0. The monoisotopic (exact) mass is 526 g/mol. The number of carbonyl (C=O) groups is 2. The standard InChI is InChI=1S/C30H34N6O3/c1-20-10-14-22(15-11-20)27(29(38)31-30(3,4)5)36(24-8-7-9-25(18-24)39-6)26(37)19-35-33-28(32-34-35)23-16-12-21(2)13-17-23/h7-18,27H,19H2,1-6H3,(H,31,38)/t27-/m1/s1. The third kappa shape index (κ3) is 6.87. The summed E-state index contributed by atoms with van der Waals surface area (Å²) >= 11 is 0. The van der Waals surface area contributed by atoms with Crippen molar-refractivity contribution in [1.82, 2.24) is 25.5 Å². The van der Waals surface area contributed by atoms with Gasteiger partial charge in [0.25, 0.3) is 5.91 Å². The maximum atomic E-state index is 14.0. The number of methoxy groups -OCH3 is 1. The fourth-order valence-electron chi connectivity index (χ4n) is 4.13. The minimum Gasteiger partial charge on any atom is -0.497 e. The van der Waals surface area contributed by atoms with Crippen molar-refractivity contribution in [2.75, 3.05) is 12.0 Å². The summed E-state index contributed by atoms with van der Waals surface area (Å²) in [5.41, 5.74) is 3.62. The molecule has 0 spiro atoms. The molecule has 9 nitrogen and oxygen atoms in total. The molecule has 202 valence electrons. The molecule has 4 aromatic rings. The molecule has 1 atom stereocenters. The Morgan fingerprint density at radius 1 is 0.974 bits per heavy atom. The number of tetrazole rings is 1. The van der Waals surface area contributed by atoms with Gasteiger partial charge in [-0.2, -0.15) is 4.80 Å². The first-order valence-corrected chi connectivity index (χ1v) is 12.7. The summed E-state index contributed by atoms with van der Waals surface area (Å²) in [6.45, 7) is 9.46. The molecule has 1 aromatic heterocycles. The van der Waals surface area contributed by atoms with Crippen LogP contribution in [0.3, 0.4) is 0 Å². The van der Waals surface area contributed by atoms with Crippen molar-refractivity contribution in [2.45, 2.75) is 52.7 Å². The molecule has 0 aliphatic heterocycles. The van der Waals surface area contributed by atoms with Gasteiger partial charge in [-0.15, -0.1) is 10.2 Å². The van der Waals surface area contributed by atoms with Gasteiger partial charge < -0.3 is 10.1 Å². The van der Waals surface area contributed by atoms with E-state index in [2.05, 4.69) is 20.7 Å². The number of anilines is 1. The minimum atomic E-state index is -0.954. The summed E-state index contributed by atoms with van der Waals surface area (Å²) in [6.07, 6.45) is 0. The van der Waals surface area contributed by atoms with Crippen molar-refractivity contribution in [1.29, 1.82) is 0 Å². The van der Waals surface area contributed by atoms with Crippen LogP contribution in [-0.2, 0) is 16.1 Å². The average molecular weight is 527 g/mol. The number of hydrogen-bond donors (Lipinski definition) is 1. The van der Waals surface area contributed by atoms with Crippen LogP contribution in [0, 0.1) is 13.8 Å². The van der Waals surface area contributed by atoms with Gasteiger partial charge in [0, 0.05) is 22.9 Å².